The fourth-order valence-electron chi connectivity index (χ4n) is 15.2. The van der Waals surface area contributed by atoms with Crippen molar-refractivity contribution in [2.75, 3.05) is 0 Å². The van der Waals surface area contributed by atoms with Gasteiger partial charge >= 0.3 is 0 Å². The summed E-state index contributed by atoms with van der Waals surface area (Å²) in [7, 11) is 0. The van der Waals surface area contributed by atoms with E-state index in [9.17, 15) is 0 Å². The fourth-order valence-corrected chi connectivity index (χ4v) is 15.2. The van der Waals surface area contributed by atoms with Gasteiger partial charge in [-0.15, -0.1) is 35.4 Å². The summed E-state index contributed by atoms with van der Waals surface area (Å²) in [4.78, 5) is 4.75. The van der Waals surface area contributed by atoms with Crippen LogP contribution in [0, 0.1) is 27.7 Å². The van der Waals surface area contributed by atoms with Crippen LogP contribution in [0.1, 0.15) is 209 Å². The maximum absolute atomic E-state index is 4.75. The topological polar surface area (TPSA) is 12.9 Å². The first-order chi connectivity index (χ1) is 40.5. The molecule has 0 amide bonds. The largest absolute Gasteiger partial charge is 0.305 e. The molecule has 2 heteroatoms. The van der Waals surface area contributed by atoms with Gasteiger partial charge in [-0.2, -0.15) is 0 Å². The predicted octanol–water partition coefficient (Wildman–Crippen LogP) is 24.9. The minimum absolute atomic E-state index is 0. The van der Waals surface area contributed by atoms with Crippen molar-refractivity contribution in [3.8, 4) is 66.9 Å². The molecule has 88 heavy (non-hydrogen) atoms. The zero-order valence-corrected chi connectivity index (χ0v) is 59.6. The summed E-state index contributed by atoms with van der Waals surface area (Å²) in [6.07, 6.45) is 6.27. The van der Waals surface area contributed by atoms with Crippen molar-refractivity contribution in [3.63, 3.8) is 0 Å². The number of rotatable bonds is 17. The molecular weight excluding hydrogens is 1240 g/mol. The zero-order chi connectivity index (χ0) is 63.1. The van der Waals surface area contributed by atoms with Gasteiger partial charge in [0.2, 0.25) is 0 Å². The molecule has 1 radical (unpaired) electrons. The second-order valence-electron chi connectivity index (χ2n) is 33.2. The minimum atomic E-state index is 0. The van der Waals surface area contributed by atoms with Crippen molar-refractivity contribution in [2.24, 2.45) is 21.7 Å². The van der Waals surface area contributed by atoms with E-state index in [0.717, 1.165) is 59.2 Å². The third-order valence-corrected chi connectivity index (χ3v) is 17.8. The van der Waals surface area contributed by atoms with E-state index in [1.165, 1.54) is 72.3 Å². The zero-order valence-electron chi connectivity index (χ0n) is 57.2. The van der Waals surface area contributed by atoms with E-state index in [-0.39, 0.29) is 69.3 Å². The van der Waals surface area contributed by atoms with E-state index in [1.54, 1.807) is 0 Å². The van der Waals surface area contributed by atoms with Crippen LogP contribution in [-0.4, -0.2) is 4.98 Å². The summed E-state index contributed by atoms with van der Waals surface area (Å²) < 4.78 is 0. The molecule has 0 aliphatic rings. The van der Waals surface area contributed by atoms with Gasteiger partial charge in [0.05, 0.1) is 0 Å². The molecule has 1 nitrogen and oxygen atoms in total. The average molecular weight is 1340 g/mol. The van der Waals surface area contributed by atoms with E-state index in [1.807, 2.05) is 12.3 Å². The first kappa shape index (κ1) is 67.5. The maximum Gasteiger partial charge on any atom is 0.0340 e. The minimum Gasteiger partial charge on any atom is -0.305 e. The summed E-state index contributed by atoms with van der Waals surface area (Å²) in [6, 6.07) is 78.0. The van der Waals surface area contributed by atoms with Crippen molar-refractivity contribution in [3.05, 3.63) is 245 Å². The van der Waals surface area contributed by atoms with Crippen LogP contribution in [0.3, 0.4) is 0 Å². The monoisotopic (exact) mass is 1340 g/mol. The van der Waals surface area contributed by atoms with Crippen molar-refractivity contribution >= 4 is 0 Å². The molecule has 0 spiro atoms. The molecule has 0 aliphatic heterocycles. The second-order valence-corrected chi connectivity index (χ2v) is 33.2. The fraction of sp³-hybridized carbons (Fsp3) is 0.384. The molecule has 0 fully saturated rings. The van der Waals surface area contributed by atoms with E-state index in [2.05, 4.69) is 333 Å². The van der Waals surface area contributed by atoms with E-state index < -0.39 is 0 Å². The van der Waals surface area contributed by atoms with Crippen LogP contribution in [0.15, 0.2) is 200 Å². The van der Waals surface area contributed by atoms with Gasteiger partial charge in [-0.05, 0) is 206 Å². The Bertz CT molecular complexity index is 3610. The predicted molar refractivity (Wildman–Crippen MR) is 378 cm³/mol. The molecule has 461 valence electrons. The SMILES string of the molecule is CC(C)(C)CC(C)(C)c1ccc(-c2cc(-c3ccc(C(C)(C)CC(C)(C)C)cc3)cc(-c3cc(-c4ccc(C(c5ccc(C(C)(C)CC(C)(C)C)cc5)c5ccc(C(C)(C)CC(C)(C)C)cc5)cc4)cc(-c4cc[c-]c(-c5ccccn5)c4)c3)c2)cc1.[Ir]. The Kier molecular flexibility index (Phi) is 19.8. The normalized spacial score (nSPS) is 13.0. The van der Waals surface area contributed by atoms with E-state index >= 15 is 0 Å². The molecule has 9 aromatic rings. The first-order valence-corrected chi connectivity index (χ1v) is 32.3. The van der Waals surface area contributed by atoms with Crippen LogP contribution in [0.2, 0.25) is 0 Å². The van der Waals surface area contributed by atoms with Gasteiger partial charge in [0.15, 0.2) is 0 Å². The standard InChI is InChI=1S/C86H102N.Ir/c1-79(2,3)55-83(13,14)73-39-31-60(32-40-73)67-49-68(61-33-41-74(42-34-61)84(15,16)56-80(4,5)6)52-71(51-67)72-53-69(50-70(54-72)65-24-23-25-66(48-65)77-26-21-22-47-87-77)59-27-29-62(30-28-59)78(63-35-43-75(44-36-63)85(17,18)57-81(7,8)9)64-37-45-76(46-38-64)86(19,20)58-82(10,11)12;/h21-24,26-54,78H,55-58H2,1-20H3;/q-1;. The average Bonchev–Trinajstić information content (AvgIpc) is 1.81. The number of benzene rings is 8. The Labute approximate surface area is 547 Å². The number of pyridine rings is 1. The molecule has 0 bridgehead atoms. The maximum atomic E-state index is 4.75. The third-order valence-electron chi connectivity index (χ3n) is 17.8. The molecule has 0 unspecified atom stereocenters. The summed E-state index contributed by atoms with van der Waals surface area (Å²) in [5, 5.41) is 0. The van der Waals surface area contributed by atoms with Crippen LogP contribution in [0.5, 0.6) is 0 Å². The molecule has 0 saturated carbocycles. The second kappa shape index (κ2) is 25.8. The Morgan fingerprint density at radius 3 is 0.864 bits per heavy atom. The van der Waals surface area contributed by atoms with Crippen molar-refractivity contribution in [1.82, 2.24) is 4.98 Å². The van der Waals surface area contributed by atoms with Crippen LogP contribution in [0.4, 0.5) is 0 Å². The van der Waals surface area contributed by atoms with Gasteiger partial charge in [-0.25, -0.2) is 0 Å². The Morgan fingerprint density at radius 1 is 0.295 bits per heavy atom. The number of hydrogen-bond acceptors (Lipinski definition) is 1. The first-order valence-electron chi connectivity index (χ1n) is 32.3. The molecule has 0 saturated heterocycles. The van der Waals surface area contributed by atoms with Crippen molar-refractivity contribution in [1.29, 1.82) is 0 Å². The van der Waals surface area contributed by atoms with Gasteiger partial charge in [0.25, 0.3) is 0 Å². The molecule has 1 heterocycles. The molecule has 0 atom stereocenters. The van der Waals surface area contributed by atoms with Crippen LogP contribution < -0.4 is 0 Å². The van der Waals surface area contributed by atoms with Crippen LogP contribution >= 0.6 is 0 Å². The summed E-state index contributed by atoms with van der Waals surface area (Å²) in [5.74, 6) is 0.0458. The van der Waals surface area contributed by atoms with Gasteiger partial charge in [-0.3, -0.25) is 0 Å². The number of nitrogens with zero attached hydrogens (tertiary/aromatic N) is 1. The van der Waals surface area contributed by atoms with Crippen molar-refractivity contribution in [2.45, 2.75) is 192 Å². The summed E-state index contributed by atoms with van der Waals surface area (Å²) in [6.45, 7) is 47.3. The Balaban J connectivity index is 0.0000100. The Morgan fingerprint density at radius 2 is 0.568 bits per heavy atom. The van der Waals surface area contributed by atoms with Crippen LogP contribution in [-0.2, 0) is 41.8 Å². The molecular formula is C86H102IrN-. The molecule has 8 aromatic carbocycles. The molecule has 0 N–H and O–H groups in total. The van der Waals surface area contributed by atoms with Gasteiger partial charge < -0.3 is 4.98 Å². The molecule has 1 aromatic heterocycles. The quantitative estimate of drug-likeness (QED) is 0.0654. The molecule has 0 aliphatic carbocycles. The summed E-state index contributed by atoms with van der Waals surface area (Å²) >= 11 is 0. The van der Waals surface area contributed by atoms with Gasteiger partial charge in [0.1, 0.15) is 0 Å². The van der Waals surface area contributed by atoms with E-state index in [4.69, 9.17) is 4.98 Å². The van der Waals surface area contributed by atoms with Crippen LogP contribution in [0.25, 0.3) is 66.9 Å². The number of hydrogen-bond donors (Lipinski definition) is 0. The Hall–Kier alpha value is -6.44. The number of aromatic nitrogens is 1. The van der Waals surface area contributed by atoms with Crippen molar-refractivity contribution < 1.29 is 20.1 Å². The van der Waals surface area contributed by atoms with Gasteiger partial charge in [-0.1, -0.05) is 272 Å². The third kappa shape index (κ3) is 17.1. The van der Waals surface area contributed by atoms with E-state index in [0.29, 0.717) is 0 Å². The summed E-state index contributed by atoms with van der Waals surface area (Å²) in [5.41, 5.74) is 24.1. The molecule has 9 rings (SSSR count). The van der Waals surface area contributed by atoms with Gasteiger partial charge in [0, 0.05) is 32.2 Å². The smallest absolute Gasteiger partial charge is 0.0340 e.